The maximum absolute atomic E-state index is 13.5. The third-order valence-corrected chi connectivity index (χ3v) is 26.1. The number of fused-ring (bicyclic) bond motifs is 2. The molecular formula is C99H120BBrCl10FN24O12. The molecule has 0 spiro atoms. The number of anilines is 5. The molecule has 6 amide bonds. The third-order valence-electron chi connectivity index (χ3n) is 22.2. The summed E-state index contributed by atoms with van der Waals surface area (Å²) in [5.41, 5.74) is 34.1. The molecule has 4 atom stereocenters. The van der Waals surface area contributed by atoms with Crippen LogP contribution in [0, 0.1) is 41.5 Å². The van der Waals surface area contributed by atoms with Crippen LogP contribution in [0.4, 0.5) is 47.3 Å². The highest BCUT2D eigenvalue weighted by Crippen LogP contribution is 2.36. The summed E-state index contributed by atoms with van der Waals surface area (Å²) >= 11 is 61.8. The number of nitrogens with zero attached hydrogens (tertiary/aromatic N) is 16. The van der Waals surface area contributed by atoms with Crippen molar-refractivity contribution in [3.05, 3.63) is 258 Å². The summed E-state index contributed by atoms with van der Waals surface area (Å²) < 4.78 is 31.8. The van der Waals surface area contributed by atoms with Gasteiger partial charge in [0.2, 0.25) is 0 Å². The number of nitrogen functional groups attached to an aromatic ring is 3. The number of aromatic amines is 1. The van der Waals surface area contributed by atoms with E-state index in [0.29, 0.717) is 104 Å². The lowest BCUT2D eigenvalue weighted by Crippen LogP contribution is -2.55. The van der Waals surface area contributed by atoms with E-state index in [-0.39, 0.29) is 91.4 Å². The highest BCUT2D eigenvalue weighted by atomic mass is 79.9. The van der Waals surface area contributed by atoms with Gasteiger partial charge in [-0.2, -0.15) is 4.98 Å². The number of hydrogen-bond acceptors (Lipinski definition) is 28. The quantitative estimate of drug-likeness (QED) is 0.0382. The van der Waals surface area contributed by atoms with Crippen molar-refractivity contribution in [2.75, 3.05) is 66.7 Å². The van der Waals surface area contributed by atoms with Crippen molar-refractivity contribution in [2.45, 2.75) is 225 Å². The van der Waals surface area contributed by atoms with Crippen LogP contribution in [0.1, 0.15) is 198 Å². The number of nitrogens with two attached hydrogens (primary N) is 4. The minimum Gasteiger partial charge on any atom is -0.444 e. The first-order chi connectivity index (χ1) is 69.6. The molecule has 3 fully saturated rings. The van der Waals surface area contributed by atoms with E-state index in [1.165, 1.54) is 27.3 Å². The summed E-state index contributed by atoms with van der Waals surface area (Å²) in [6.45, 7) is 40.3. The Bertz CT molecular complexity index is 6820. The Morgan fingerprint density at radius 2 is 0.939 bits per heavy atom. The highest BCUT2D eigenvalue weighted by Gasteiger charge is 2.35. The smallest absolute Gasteiger partial charge is 0.444 e. The Kier molecular flexibility index (Phi) is 48.4. The first-order valence-electron chi connectivity index (χ1n) is 46.7. The van der Waals surface area contributed by atoms with Crippen LogP contribution < -0.4 is 60.7 Å². The highest BCUT2D eigenvalue weighted by molar-refractivity contribution is 9.10. The number of carbonyl (C=O) groups is 5. The van der Waals surface area contributed by atoms with Crippen LogP contribution in [0.5, 0.6) is 0 Å². The number of urea groups is 1. The second-order valence-corrected chi connectivity index (χ2v) is 40.1. The van der Waals surface area contributed by atoms with Gasteiger partial charge in [0.1, 0.15) is 58.7 Å². The lowest BCUT2D eigenvalue weighted by Gasteiger charge is -2.41. The van der Waals surface area contributed by atoms with Gasteiger partial charge in [-0.25, -0.2) is 62.4 Å². The van der Waals surface area contributed by atoms with Gasteiger partial charge in [-0.3, -0.25) is 49.6 Å². The van der Waals surface area contributed by atoms with Crippen LogP contribution in [0.2, 0.25) is 51.0 Å². The molecule has 12 aromatic rings. The number of carbonyl (C=O) groups excluding carboxylic acids is 5. The van der Waals surface area contributed by atoms with Crippen molar-refractivity contribution in [2.24, 2.45) is 5.73 Å². The molecule has 795 valence electrons. The van der Waals surface area contributed by atoms with Crippen LogP contribution >= 0.6 is 132 Å². The first kappa shape index (κ1) is 124. The number of alkyl halides is 1. The zero-order valence-corrected chi connectivity index (χ0v) is 94.3. The molecule has 14 heterocycles. The fourth-order valence-corrected chi connectivity index (χ4v) is 16.7. The van der Waals surface area contributed by atoms with Gasteiger partial charge in [0.15, 0.2) is 11.3 Å². The number of H-pyrrole nitrogens is 1. The maximum Gasteiger partial charge on any atom is 0.485 e. The SMILES string of the molecule is CCc1nccc(C)c1-n1c(=O)[nH]c(=O)c2cc(Cl)c(Cl)nc21.CCc1nccc(C)c1-n1c(=O)nc(N2CCN(C(=O)OC(C)(C)C)C[C@@H]2C)c2cc(Cl)c(Cl)nc21.CCc1nccc(C)c1N.CCc1nccc(C)c1N.CCc1nccc(C)c1NC(=O)NC(=O)c1cc(Cl)c(Cl)nc1Cl.C[C@H]1CN(C(=O)OC(C)(C)C)CCN1.Cc1ccnc(Br)c1N.NC(=O)c1cc(Cl)c(Cl)nc1Cl.O[B]OC1CCCCC1F. The number of nitrogens with one attached hydrogen (secondary N) is 4. The molecule has 36 nitrogen and oxygen atoms in total. The molecule has 13 N–H and O–H groups in total. The molecule has 0 bridgehead atoms. The van der Waals surface area contributed by atoms with E-state index < -0.39 is 58.3 Å². The molecule has 1 saturated carbocycles. The summed E-state index contributed by atoms with van der Waals surface area (Å²) in [6, 6.07) is 16.2. The molecule has 49 heteroatoms. The Morgan fingerprint density at radius 1 is 0.520 bits per heavy atom. The number of imide groups is 1. The van der Waals surface area contributed by atoms with Gasteiger partial charge in [0, 0.05) is 88.5 Å². The van der Waals surface area contributed by atoms with Gasteiger partial charge in [-0.1, -0.05) is 163 Å². The molecular weight excluding hydrogens is 2180 g/mol. The first-order valence-corrected chi connectivity index (χ1v) is 51.3. The van der Waals surface area contributed by atoms with Crippen LogP contribution in [-0.4, -0.2) is 196 Å². The topological polar surface area (TPSA) is 502 Å². The fraction of sp³-hybridized carbons (Fsp3) is 0.404. The van der Waals surface area contributed by atoms with E-state index in [1.54, 1.807) is 65.2 Å². The number of aryl methyl sites for hydroxylation is 11. The third kappa shape index (κ3) is 35.3. The Morgan fingerprint density at radius 3 is 1.39 bits per heavy atom. The average Bonchev–Trinajstić information content (AvgIpc) is 0.719. The number of piperazine rings is 2. The van der Waals surface area contributed by atoms with Crippen LogP contribution in [0.3, 0.4) is 0 Å². The zero-order valence-electron chi connectivity index (χ0n) is 85.2. The molecule has 12 aromatic heterocycles. The van der Waals surface area contributed by atoms with Crippen LogP contribution in [0.25, 0.3) is 33.4 Å². The van der Waals surface area contributed by atoms with Crippen molar-refractivity contribution in [3.63, 3.8) is 0 Å². The Hall–Kier alpha value is -11.0. The number of rotatable bonds is 13. The normalized spacial score (nSPS) is 14.6. The second kappa shape index (κ2) is 57.8. The molecule has 2 aliphatic heterocycles. The lowest BCUT2D eigenvalue weighted by atomic mass is 9.95. The van der Waals surface area contributed by atoms with E-state index in [4.69, 9.17) is 153 Å². The largest absolute Gasteiger partial charge is 0.485 e. The van der Waals surface area contributed by atoms with Crippen molar-refractivity contribution in [1.29, 1.82) is 0 Å². The van der Waals surface area contributed by atoms with Crippen molar-refractivity contribution in [1.82, 2.24) is 89.4 Å². The number of ether oxygens (including phenoxy) is 2. The van der Waals surface area contributed by atoms with E-state index >= 15 is 0 Å². The number of halogens is 12. The predicted octanol–water partition coefficient (Wildman–Crippen LogP) is 20.7. The number of amides is 6. The number of aromatic nitrogens is 14. The van der Waals surface area contributed by atoms with E-state index in [2.05, 4.69) is 117 Å². The summed E-state index contributed by atoms with van der Waals surface area (Å²) in [6.07, 6.45) is 15.4. The van der Waals surface area contributed by atoms with Crippen molar-refractivity contribution >= 4 is 220 Å². The van der Waals surface area contributed by atoms with Crippen LogP contribution in [-0.2, 0) is 46.2 Å². The van der Waals surface area contributed by atoms with Crippen molar-refractivity contribution < 1.29 is 47.5 Å². The fourth-order valence-electron chi connectivity index (χ4n) is 14.6. The van der Waals surface area contributed by atoms with Gasteiger partial charge in [-0.05, 0) is 252 Å². The van der Waals surface area contributed by atoms with Gasteiger partial charge >= 0.3 is 37.3 Å². The standard InChI is InChI=1S/C25H30Cl2N6O3.C15H13Cl3N4O2.C15H12Cl2N4O2.C10H20N2O2.2C8H12N2.C6H11BFO2.C6H7BrN2.C6H3Cl3N2O/c1-7-18-19(14(2)8-9-28-18)33-22-16(12-17(26)20(27)29-22)21(30-23(33)34)32-11-10-31(13-15(32)3)24(35)36-25(4,5)6;1-3-10-11(7(2)4-5-19-10)20-15(24)22-14(23)8-6-9(16)13(18)21-12(8)17;1-3-10-11(7(2)4-5-18-10)21-13-8(14(22)20-15(21)23)6-9(16)12(17)19-13;1-8-7-12(6-5-11-8)9(13)14-10(2,3)4;2*1-3-7-8(9)6(2)4-5-10-7;8-5-3-1-2-4-6(5)10-7-9;1-4-2-3-9-6(7)5(4)8;7-3-1-2(6(10)12)4(8)11-5(3)9/h8-9,12,15H,7,10-11,13H2,1-6H3;4-6H,3H2,1-2H3,(H2,20,22,23,24);4-6H,3H2,1-2H3,(H,20,22,23);8,11H,5-7H2,1-4H3;2*4-5H,3,9H2,1-2H3;5-6,9H,1-4H2;2-3H,8H2,1H3;1H,(H2,10,12)/t15-;;;8-;;;;;/m0..0...../s1. The zero-order chi connectivity index (χ0) is 110. The summed E-state index contributed by atoms with van der Waals surface area (Å²) in [5.74, 6) is -0.984. The van der Waals surface area contributed by atoms with E-state index in [0.717, 1.165) is 124 Å². The summed E-state index contributed by atoms with van der Waals surface area (Å²) in [5, 5.41) is 17.6. The molecule has 1 aliphatic carbocycles. The Balaban J connectivity index is 0.000000236. The molecule has 15 rings (SSSR count). The number of pyridine rings is 10. The maximum atomic E-state index is 13.5. The van der Waals surface area contributed by atoms with Gasteiger partial charge in [0.05, 0.1) is 111 Å². The molecule has 0 aromatic carbocycles. The summed E-state index contributed by atoms with van der Waals surface area (Å²) in [7, 11) is 0.586. The lowest BCUT2D eigenvalue weighted by molar-refractivity contribution is 0.0197. The minimum atomic E-state index is -0.892. The number of primary amides is 1. The summed E-state index contributed by atoms with van der Waals surface area (Å²) in [4.78, 5) is 151. The molecule has 148 heavy (non-hydrogen) atoms. The monoisotopic (exact) mass is 2300 g/mol. The second-order valence-electron chi connectivity index (χ2n) is 35.6. The minimum absolute atomic E-state index is 0.0255. The molecule has 2 unspecified atom stereocenters. The van der Waals surface area contributed by atoms with E-state index in [1.807, 2.05) is 140 Å². The van der Waals surface area contributed by atoms with Gasteiger partial charge < -0.3 is 67.4 Å². The Labute approximate surface area is 916 Å². The number of hydrogen-bond donors (Lipinski definition) is 9. The molecule has 3 aliphatic rings. The van der Waals surface area contributed by atoms with Gasteiger partial charge in [0.25, 0.3) is 17.4 Å². The average molecular weight is 2300 g/mol. The van der Waals surface area contributed by atoms with E-state index in [9.17, 15) is 42.7 Å². The van der Waals surface area contributed by atoms with Gasteiger partial charge in [-0.15, -0.1) is 0 Å². The van der Waals surface area contributed by atoms with Crippen LogP contribution in [0.15, 0.2) is 117 Å². The van der Waals surface area contributed by atoms with Crippen molar-refractivity contribution in [3.8, 4) is 11.4 Å². The predicted molar refractivity (Wildman–Crippen MR) is 592 cm³/mol. The molecule has 2 saturated heterocycles. The molecule has 1 radical (unpaired) electrons.